The second kappa shape index (κ2) is 7.04. The summed E-state index contributed by atoms with van der Waals surface area (Å²) < 4.78 is 29.0. The lowest BCUT2D eigenvalue weighted by Crippen LogP contribution is -2.27. The quantitative estimate of drug-likeness (QED) is 0.351. The monoisotopic (exact) mass is 305 g/mol. The zero-order valence-corrected chi connectivity index (χ0v) is 11.4. The molecule has 0 aliphatic heterocycles. The van der Waals surface area contributed by atoms with Crippen LogP contribution in [0.1, 0.15) is 6.92 Å². The van der Waals surface area contributed by atoms with E-state index < -0.39 is 5.57 Å². The molecule has 1 amide bonds. The maximum absolute atomic E-state index is 12.4. The number of rotatable bonds is 7. The lowest BCUT2D eigenvalue weighted by atomic mass is 10.1. The Bertz CT molecular complexity index is 475. The number of nitrogens with one attached hydrogen (secondary N) is 1. The minimum absolute atomic E-state index is 0.0503. The molecular formula is C12H14ClF2N3O2. The summed E-state index contributed by atoms with van der Waals surface area (Å²) in [5.74, 6) is 0.0168. The molecule has 5 nitrogen and oxygen atoms in total. The van der Waals surface area contributed by atoms with E-state index >= 15 is 0 Å². The molecule has 3 N–H and O–H groups in total. The van der Waals surface area contributed by atoms with Gasteiger partial charge in [-0.3, -0.25) is 4.79 Å². The average Bonchev–Trinajstić information content (AvgIpc) is 2.36. The first-order valence-electron chi connectivity index (χ1n) is 5.68. The van der Waals surface area contributed by atoms with Crippen molar-refractivity contribution in [3.63, 3.8) is 0 Å². The van der Waals surface area contributed by atoms with E-state index in [1.165, 1.54) is 12.1 Å². The van der Waals surface area contributed by atoms with Crippen LogP contribution in [0.3, 0.4) is 0 Å². The number of halogens is 3. The third kappa shape index (κ3) is 5.83. The average molecular weight is 306 g/mol. The van der Waals surface area contributed by atoms with Crippen LogP contribution in [-0.2, 0) is 4.79 Å². The number of carbonyl (C=O) groups is 1. The number of nitrogens with zero attached hydrogens (tertiary/aromatic N) is 1. The van der Waals surface area contributed by atoms with Gasteiger partial charge in [-0.2, -0.15) is 0 Å². The van der Waals surface area contributed by atoms with E-state index in [1.54, 1.807) is 19.1 Å². The smallest absolute Gasteiger partial charge is 0.420 e. The Balaban J connectivity index is 2.54. The molecule has 8 heteroatoms. The lowest BCUT2D eigenvalue weighted by molar-refractivity contribution is -0.106. The number of nitrogens with two attached hydrogens (primary N) is 1. The number of anilines is 1. The lowest BCUT2D eigenvalue weighted by Gasteiger charge is -2.14. The molecule has 0 spiro atoms. The number of ether oxygens (including phenoxy) is 1. The summed E-state index contributed by atoms with van der Waals surface area (Å²) in [7, 11) is 0. The first-order valence-corrected chi connectivity index (χ1v) is 6.06. The van der Waals surface area contributed by atoms with E-state index in [1.807, 2.05) is 0 Å². The van der Waals surface area contributed by atoms with Gasteiger partial charge in [0.2, 0.25) is 6.41 Å². The van der Waals surface area contributed by atoms with Crippen molar-refractivity contribution in [2.24, 2.45) is 16.6 Å². The zero-order valence-electron chi connectivity index (χ0n) is 10.6. The van der Waals surface area contributed by atoms with Crippen molar-refractivity contribution in [2.75, 3.05) is 11.9 Å². The van der Waals surface area contributed by atoms with Gasteiger partial charge >= 0.3 is 5.57 Å². The van der Waals surface area contributed by atoms with Gasteiger partial charge in [0, 0.05) is 29.8 Å². The molecule has 0 bridgehead atoms. The molecule has 0 saturated heterocycles. The van der Waals surface area contributed by atoms with Gasteiger partial charge in [0.15, 0.2) is 0 Å². The van der Waals surface area contributed by atoms with Crippen molar-refractivity contribution in [2.45, 2.75) is 12.5 Å². The molecule has 0 unspecified atom stereocenters. The molecule has 110 valence electrons. The standard InChI is InChI=1S/C12H14ClF2N3O2/c1-8(11(16)18-7-19)6-17-9-2-4-10(5-3-9)20-12(13,14)15/h2-5,7-8,17H,6H2,1H3,(H2,16,18,19)/t8-/m0/s1. The predicted molar refractivity (Wildman–Crippen MR) is 73.2 cm³/mol. The molecular weight excluding hydrogens is 292 g/mol. The van der Waals surface area contributed by atoms with Crippen LogP contribution in [-0.4, -0.2) is 24.4 Å². The van der Waals surface area contributed by atoms with Crippen LogP contribution in [0.15, 0.2) is 29.3 Å². The van der Waals surface area contributed by atoms with Crippen molar-refractivity contribution in [1.29, 1.82) is 0 Å². The minimum Gasteiger partial charge on any atom is -0.420 e. The summed E-state index contributed by atoms with van der Waals surface area (Å²) in [6.07, 6.45) is 0.379. The van der Waals surface area contributed by atoms with Gasteiger partial charge in [-0.05, 0) is 24.3 Å². The number of amides is 1. The van der Waals surface area contributed by atoms with Crippen LogP contribution < -0.4 is 15.8 Å². The Labute approximate surface area is 119 Å². The zero-order chi connectivity index (χ0) is 15.2. The van der Waals surface area contributed by atoms with Crippen LogP contribution in [0.2, 0.25) is 0 Å². The topological polar surface area (TPSA) is 76.7 Å². The van der Waals surface area contributed by atoms with Gasteiger partial charge in [-0.15, -0.1) is 8.78 Å². The normalized spacial score (nSPS) is 13.7. The first kappa shape index (κ1) is 16.2. The maximum atomic E-state index is 12.4. The van der Waals surface area contributed by atoms with Crippen LogP contribution in [0.25, 0.3) is 0 Å². The maximum Gasteiger partial charge on any atom is 0.487 e. The third-order valence-corrected chi connectivity index (χ3v) is 2.48. The minimum atomic E-state index is -3.73. The van der Waals surface area contributed by atoms with Gasteiger partial charge in [-0.25, -0.2) is 4.99 Å². The molecule has 1 rings (SSSR count). The molecule has 0 radical (unpaired) electrons. The van der Waals surface area contributed by atoms with Crippen LogP contribution in [0.5, 0.6) is 5.75 Å². The van der Waals surface area contributed by atoms with E-state index in [9.17, 15) is 13.6 Å². The molecule has 1 aromatic rings. The fourth-order valence-electron chi connectivity index (χ4n) is 1.34. The van der Waals surface area contributed by atoms with Crippen molar-refractivity contribution in [3.8, 4) is 5.75 Å². The Morgan fingerprint density at radius 3 is 2.65 bits per heavy atom. The number of aliphatic imine (C=N–C) groups is 1. The Hall–Kier alpha value is -1.89. The van der Waals surface area contributed by atoms with Gasteiger partial charge in [-0.1, -0.05) is 6.92 Å². The molecule has 0 fully saturated rings. The Kier molecular flexibility index (Phi) is 5.69. The van der Waals surface area contributed by atoms with Gasteiger partial charge < -0.3 is 15.8 Å². The number of benzene rings is 1. The van der Waals surface area contributed by atoms with E-state index in [2.05, 4.69) is 26.6 Å². The van der Waals surface area contributed by atoms with Crippen molar-refractivity contribution in [3.05, 3.63) is 24.3 Å². The molecule has 0 aliphatic rings. The fraction of sp³-hybridized carbons (Fsp3) is 0.333. The molecule has 1 aromatic carbocycles. The third-order valence-electron chi connectivity index (χ3n) is 2.41. The summed E-state index contributed by atoms with van der Waals surface area (Å²) in [4.78, 5) is 13.6. The summed E-state index contributed by atoms with van der Waals surface area (Å²) in [6, 6.07) is 5.81. The Morgan fingerprint density at radius 2 is 2.15 bits per heavy atom. The van der Waals surface area contributed by atoms with E-state index in [0.717, 1.165) is 0 Å². The molecule has 0 saturated carbocycles. The first-order chi connectivity index (χ1) is 9.31. The Morgan fingerprint density at radius 1 is 1.55 bits per heavy atom. The van der Waals surface area contributed by atoms with Gasteiger partial charge in [0.25, 0.3) is 0 Å². The van der Waals surface area contributed by atoms with Crippen molar-refractivity contribution >= 4 is 29.5 Å². The summed E-state index contributed by atoms with van der Waals surface area (Å²) in [6.45, 7) is 2.23. The molecule has 0 aromatic heterocycles. The molecule has 0 aliphatic carbocycles. The highest BCUT2D eigenvalue weighted by Crippen LogP contribution is 2.25. The molecule has 1 atom stereocenters. The second-order valence-electron chi connectivity index (χ2n) is 4.01. The van der Waals surface area contributed by atoms with E-state index in [0.29, 0.717) is 18.6 Å². The van der Waals surface area contributed by atoms with Gasteiger partial charge in [0.1, 0.15) is 11.6 Å². The van der Waals surface area contributed by atoms with Crippen LogP contribution >= 0.6 is 11.6 Å². The van der Waals surface area contributed by atoms with Crippen LogP contribution in [0, 0.1) is 5.92 Å². The van der Waals surface area contributed by atoms with E-state index in [4.69, 9.17) is 5.73 Å². The largest absolute Gasteiger partial charge is 0.487 e. The number of amidine groups is 1. The van der Waals surface area contributed by atoms with Crippen molar-refractivity contribution in [1.82, 2.24) is 0 Å². The van der Waals surface area contributed by atoms with Crippen molar-refractivity contribution < 1.29 is 18.3 Å². The highest BCUT2D eigenvalue weighted by Gasteiger charge is 2.27. The SMILES string of the molecule is C[C@@H](CNc1ccc(OC(F)(F)Cl)cc1)C(N)=NC=O. The highest BCUT2D eigenvalue weighted by molar-refractivity contribution is 6.20. The molecule has 20 heavy (non-hydrogen) atoms. The number of alkyl halides is 3. The van der Waals surface area contributed by atoms with Crippen LogP contribution in [0.4, 0.5) is 14.5 Å². The number of hydrogen-bond donors (Lipinski definition) is 2. The number of carbonyl (C=O) groups excluding carboxylic acids is 1. The van der Waals surface area contributed by atoms with E-state index in [-0.39, 0.29) is 17.5 Å². The van der Waals surface area contributed by atoms with Gasteiger partial charge in [0.05, 0.1) is 0 Å². The summed E-state index contributed by atoms with van der Waals surface area (Å²) in [5.41, 5.74) is 2.49. The summed E-state index contributed by atoms with van der Waals surface area (Å²) in [5, 5.41) is 3.02. The highest BCUT2D eigenvalue weighted by atomic mass is 35.5. The summed E-state index contributed by atoms with van der Waals surface area (Å²) >= 11 is 4.65. The fourth-order valence-corrected chi connectivity index (χ4v) is 1.43. The second-order valence-corrected chi connectivity index (χ2v) is 4.45. The predicted octanol–water partition coefficient (Wildman–Crippen LogP) is 2.42. The molecule has 0 heterocycles. The number of hydrogen-bond acceptors (Lipinski definition) is 3.